The second-order valence-electron chi connectivity index (χ2n) is 8.33. The number of carboxylic acid groups (broad SMARTS) is 1. The van der Waals surface area contributed by atoms with E-state index in [1.54, 1.807) is 13.2 Å². The molecule has 162 valence electrons. The first-order valence-corrected chi connectivity index (χ1v) is 10.8. The van der Waals surface area contributed by atoms with E-state index >= 15 is 0 Å². The molecule has 1 aromatic carbocycles. The molecule has 0 spiro atoms. The minimum Gasteiger partial charge on any atom is -0.497 e. The number of ether oxygens (including phenoxy) is 1. The number of nitrogens with zero attached hydrogens (tertiary/aromatic N) is 1. The second-order valence-corrected chi connectivity index (χ2v) is 8.33. The SMILES string of the molecule is COc1cccc(-c2cc(C(=O)O)c(C)n2C(CCC(N)=O)CC2CCCCC2)c1. The maximum absolute atomic E-state index is 11.9. The van der Waals surface area contributed by atoms with Crippen LogP contribution < -0.4 is 10.5 Å². The van der Waals surface area contributed by atoms with E-state index in [0.29, 0.717) is 23.6 Å². The summed E-state index contributed by atoms with van der Waals surface area (Å²) in [4.78, 5) is 23.5. The first-order valence-electron chi connectivity index (χ1n) is 10.8. The van der Waals surface area contributed by atoms with Gasteiger partial charge in [0.2, 0.25) is 5.91 Å². The molecule has 2 aromatic rings. The first kappa shape index (κ1) is 21.9. The van der Waals surface area contributed by atoms with Crippen molar-refractivity contribution in [3.05, 3.63) is 41.6 Å². The van der Waals surface area contributed by atoms with Crippen molar-refractivity contribution in [1.29, 1.82) is 0 Å². The van der Waals surface area contributed by atoms with Gasteiger partial charge >= 0.3 is 5.97 Å². The number of primary amides is 1. The lowest BCUT2D eigenvalue weighted by molar-refractivity contribution is -0.118. The van der Waals surface area contributed by atoms with Gasteiger partial charge in [-0.05, 0) is 43.9 Å². The average molecular weight is 413 g/mol. The predicted molar refractivity (Wildman–Crippen MR) is 117 cm³/mol. The predicted octanol–water partition coefficient (Wildman–Crippen LogP) is 4.95. The number of benzene rings is 1. The molecule has 0 saturated heterocycles. The number of aromatic nitrogens is 1. The molecule has 1 atom stereocenters. The standard InChI is InChI=1S/C24H32N2O4/c1-16-21(24(28)29)15-22(18-9-6-10-20(14-18)30-2)26(16)19(11-12-23(25)27)13-17-7-4-3-5-8-17/h6,9-10,14-15,17,19H,3-5,7-8,11-13H2,1-2H3,(H2,25,27)(H,28,29). The fraction of sp³-hybridized carbons (Fsp3) is 0.500. The number of carbonyl (C=O) groups is 2. The van der Waals surface area contributed by atoms with Crippen molar-refractivity contribution in [1.82, 2.24) is 4.57 Å². The fourth-order valence-corrected chi connectivity index (χ4v) is 4.78. The number of aromatic carboxylic acids is 1. The number of hydrogen-bond acceptors (Lipinski definition) is 3. The van der Waals surface area contributed by atoms with Crippen LogP contribution in [-0.4, -0.2) is 28.7 Å². The third-order valence-electron chi connectivity index (χ3n) is 6.31. The van der Waals surface area contributed by atoms with Crippen molar-refractivity contribution in [2.24, 2.45) is 11.7 Å². The van der Waals surface area contributed by atoms with Crippen molar-refractivity contribution in [2.75, 3.05) is 7.11 Å². The van der Waals surface area contributed by atoms with Gasteiger partial charge in [-0.25, -0.2) is 4.79 Å². The molecule has 1 unspecified atom stereocenters. The number of methoxy groups -OCH3 is 1. The molecule has 1 aliphatic carbocycles. The number of rotatable bonds is 9. The van der Waals surface area contributed by atoms with E-state index in [2.05, 4.69) is 4.57 Å². The molecule has 3 N–H and O–H groups in total. The van der Waals surface area contributed by atoms with Gasteiger partial charge in [0.1, 0.15) is 5.75 Å². The van der Waals surface area contributed by atoms with Gasteiger partial charge in [0.15, 0.2) is 0 Å². The lowest BCUT2D eigenvalue weighted by atomic mass is 9.83. The molecule has 1 heterocycles. The second kappa shape index (κ2) is 9.83. The van der Waals surface area contributed by atoms with Crippen molar-refractivity contribution in [2.45, 2.75) is 64.3 Å². The molecule has 3 rings (SSSR count). The minimum atomic E-state index is -0.943. The van der Waals surface area contributed by atoms with E-state index in [1.807, 2.05) is 31.2 Å². The quantitative estimate of drug-likeness (QED) is 0.609. The smallest absolute Gasteiger partial charge is 0.337 e. The molecule has 1 saturated carbocycles. The van der Waals surface area contributed by atoms with Crippen LogP contribution in [0.5, 0.6) is 5.75 Å². The van der Waals surface area contributed by atoms with Crippen molar-refractivity contribution in [3.8, 4) is 17.0 Å². The van der Waals surface area contributed by atoms with Crippen LogP contribution in [0.4, 0.5) is 0 Å². The largest absolute Gasteiger partial charge is 0.497 e. The van der Waals surface area contributed by atoms with Crippen LogP contribution >= 0.6 is 0 Å². The number of carbonyl (C=O) groups excluding carboxylic acids is 1. The van der Waals surface area contributed by atoms with Gasteiger partial charge in [0.05, 0.1) is 12.7 Å². The van der Waals surface area contributed by atoms with Crippen molar-refractivity contribution < 1.29 is 19.4 Å². The Morgan fingerprint density at radius 3 is 2.60 bits per heavy atom. The van der Waals surface area contributed by atoms with E-state index in [9.17, 15) is 14.7 Å². The maximum atomic E-state index is 11.9. The van der Waals surface area contributed by atoms with Crippen LogP contribution in [0.1, 0.15) is 73.5 Å². The minimum absolute atomic E-state index is 0.0231. The van der Waals surface area contributed by atoms with Crippen LogP contribution in [0.3, 0.4) is 0 Å². The Labute approximate surface area is 178 Å². The van der Waals surface area contributed by atoms with E-state index in [4.69, 9.17) is 10.5 Å². The molecular weight excluding hydrogens is 380 g/mol. The number of amides is 1. The van der Waals surface area contributed by atoms with Gasteiger partial charge in [-0.2, -0.15) is 0 Å². The van der Waals surface area contributed by atoms with Gasteiger partial charge in [-0.1, -0.05) is 44.2 Å². The van der Waals surface area contributed by atoms with Crippen LogP contribution in [-0.2, 0) is 4.79 Å². The Hall–Kier alpha value is -2.76. The monoisotopic (exact) mass is 412 g/mol. The van der Waals surface area contributed by atoms with E-state index in [1.165, 1.54) is 32.1 Å². The van der Waals surface area contributed by atoms with Gasteiger partial charge in [-0.3, -0.25) is 4.79 Å². The number of nitrogens with two attached hydrogens (primary N) is 1. The summed E-state index contributed by atoms with van der Waals surface area (Å²) in [6, 6.07) is 9.42. The summed E-state index contributed by atoms with van der Waals surface area (Å²) < 4.78 is 7.50. The van der Waals surface area contributed by atoms with E-state index in [0.717, 1.165) is 23.4 Å². The Balaban J connectivity index is 2.07. The highest BCUT2D eigenvalue weighted by atomic mass is 16.5. The molecule has 1 aromatic heterocycles. The summed E-state index contributed by atoms with van der Waals surface area (Å²) in [7, 11) is 1.62. The maximum Gasteiger partial charge on any atom is 0.337 e. The van der Waals surface area contributed by atoms with Crippen LogP contribution in [0, 0.1) is 12.8 Å². The zero-order valence-corrected chi connectivity index (χ0v) is 17.9. The average Bonchev–Trinajstić information content (AvgIpc) is 3.09. The molecule has 0 bridgehead atoms. The Morgan fingerprint density at radius 2 is 1.97 bits per heavy atom. The summed E-state index contributed by atoms with van der Waals surface area (Å²) in [6.45, 7) is 1.85. The Bertz CT molecular complexity index is 897. The number of carboxylic acids is 1. The molecule has 6 nitrogen and oxygen atoms in total. The van der Waals surface area contributed by atoms with E-state index < -0.39 is 5.97 Å². The topological polar surface area (TPSA) is 94.6 Å². The Morgan fingerprint density at radius 1 is 1.23 bits per heavy atom. The van der Waals surface area contributed by atoms with E-state index in [-0.39, 0.29) is 18.4 Å². The van der Waals surface area contributed by atoms with Crippen LogP contribution in [0.15, 0.2) is 30.3 Å². The molecular formula is C24H32N2O4. The Kier molecular flexibility index (Phi) is 7.19. The highest BCUT2D eigenvalue weighted by Gasteiger charge is 2.27. The summed E-state index contributed by atoms with van der Waals surface area (Å²) in [5, 5.41) is 9.76. The lowest BCUT2D eigenvalue weighted by Gasteiger charge is -2.30. The third-order valence-corrected chi connectivity index (χ3v) is 6.31. The molecule has 0 aliphatic heterocycles. The highest BCUT2D eigenvalue weighted by molar-refractivity contribution is 5.91. The van der Waals surface area contributed by atoms with Crippen molar-refractivity contribution in [3.63, 3.8) is 0 Å². The molecule has 30 heavy (non-hydrogen) atoms. The van der Waals surface area contributed by atoms with Crippen LogP contribution in [0.25, 0.3) is 11.3 Å². The third kappa shape index (κ3) is 5.04. The molecule has 1 fully saturated rings. The number of hydrogen-bond donors (Lipinski definition) is 2. The molecule has 0 radical (unpaired) electrons. The van der Waals surface area contributed by atoms with Crippen molar-refractivity contribution >= 4 is 11.9 Å². The van der Waals surface area contributed by atoms with Gasteiger partial charge in [-0.15, -0.1) is 0 Å². The summed E-state index contributed by atoms with van der Waals surface area (Å²) in [5.74, 6) is 0.0390. The molecule has 1 amide bonds. The fourth-order valence-electron chi connectivity index (χ4n) is 4.78. The summed E-state index contributed by atoms with van der Waals surface area (Å²) in [6.07, 6.45) is 7.96. The van der Waals surface area contributed by atoms with Gasteiger partial charge < -0.3 is 20.1 Å². The normalized spacial score (nSPS) is 15.7. The molecule has 6 heteroatoms. The zero-order valence-electron chi connectivity index (χ0n) is 17.9. The molecule has 1 aliphatic rings. The lowest BCUT2D eigenvalue weighted by Crippen LogP contribution is -2.21. The summed E-state index contributed by atoms with van der Waals surface area (Å²) in [5.41, 5.74) is 8.22. The van der Waals surface area contributed by atoms with Gasteiger partial charge in [0, 0.05) is 29.4 Å². The highest BCUT2D eigenvalue weighted by Crippen LogP contribution is 2.38. The van der Waals surface area contributed by atoms with Crippen LogP contribution in [0.2, 0.25) is 0 Å². The first-order chi connectivity index (χ1) is 14.4. The van der Waals surface area contributed by atoms with Gasteiger partial charge in [0.25, 0.3) is 0 Å². The summed E-state index contributed by atoms with van der Waals surface area (Å²) >= 11 is 0. The zero-order chi connectivity index (χ0) is 21.7.